The Balaban J connectivity index is 1.68. The molecule has 0 aromatic heterocycles. The van der Waals surface area contributed by atoms with Crippen molar-refractivity contribution in [2.75, 3.05) is 24.5 Å². The SMILES string of the molecule is NC1CCCN(C(=O)C2CC(=O)N(c3ccc(Cl)cc3)C2)C1. The molecule has 2 fully saturated rings. The second-order valence-corrected chi connectivity index (χ2v) is 6.50. The van der Waals surface area contributed by atoms with Crippen molar-refractivity contribution < 1.29 is 9.59 Å². The smallest absolute Gasteiger partial charge is 0.228 e. The number of carbonyl (C=O) groups excluding carboxylic acids is 2. The number of piperidine rings is 1. The molecule has 1 aromatic rings. The molecule has 2 atom stereocenters. The topological polar surface area (TPSA) is 66.6 Å². The number of nitrogens with two attached hydrogens (primary N) is 1. The van der Waals surface area contributed by atoms with Crippen molar-refractivity contribution in [3.8, 4) is 0 Å². The van der Waals surface area contributed by atoms with Crippen LogP contribution in [-0.4, -0.2) is 42.4 Å². The second-order valence-electron chi connectivity index (χ2n) is 6.07. The van der Waals surface area contributed by atoms with Crippen molar-refractivity contribution in [1.29, 1.82) is 0 Å². The van der Waals surface area contributed by atoms with E-state index in [1.54, 1.807) is 17.0 Å². The zero-order valence-corrected chi connectivity index (χ0v) is 13.1. The number of amides is 2. The fourth-order valence-electron chi connectivity index (χ4n) is 3.21. The summed E-state index contributed by atoms with van der Waals surface area (Å²) in [6.07, 6.45) is 2.17. The van der Waals surface area contributed by atoms with Gasteiger partial charge >= 0.3 is 0 Å². The van der Waals surface area contributed by atoms with Gasteiger partial charge in [0.25, 0.3) is 0 Å². The summed E-state index contributed by atoms with van der Waals surface area (Å²) >= 11 is 5.87. The van der Waals surface area contributed by atoms with Crippen LogP contribution in [0.1, 0.15) is 19.3 Å². The number of anilines is 1. The molecular formula is C16H20ClN3O2. The average Bonchev–Trinajstić information content (AvgIpc) is 2.89. The second kappa shape index (κ2) is 6.26. The van der Waals surface area contributed by atoms with Crippen LogP contribution in [0.3, 0.4) is 0 Å². The Bertz CT molecular complexity index is 575. The Labute approximate surface area is 135 Å². The summed E-state index contributed by atoms with van der Waals surface area (Å²) < 4.78 is 0. The minimum Gasteiger partial charge on any atom is -0.341 e. The van der Waals surface area contributed by atoms with Crippen LogP contribution in [0.25, 0.3) is 0 Å². The van der Waals surface area contributed by atoms with Crippen LogP contribution in [0.2, 0.25) is 5.02 Å². The zero-order valence-electron chi connectivity index (χ0n) is 12.4. The van der Waals surface area contributed by atoms with Gasteiger partial charge in [0.05, 0.1) is 5.92 Å². The fourth-order valence-corrected chi connectivity index (χ4v) is 3.34. The summed E-state index contributed by atoms with van der Waals surface area (Å²) in [5.74, 6) is -0.226. The third kappa shape index (κ3) is 3.10. The van der Waals surface area contributed by atoms with E-state index in [1.807, 2.05) is 17.0 Å². The van der Waals surface area contributed by atoms with Crippen molar-refractivity contribution in [1.82, 2.24) is 4.90 Å². The first-order valence-corrected chi connectivity index (χ1v) is 8.02. The normalized spacial score (nSPS) is 25.6. The molecule has 2 aliphatic rings. The van der Waals surface area contributed by atoms with Gasteiger partial charge in [-0.15, -0.1) is 0 Å². The summed E-state index contributed by atoms with van der Waals surface area (Å²) in [6.45, 7) is 1.79. The third-order valence-corrected chi connectivity index (χ3v) is 4.63. The van der Waals surface area contributed by atoms with Crippen LogP contribution in [0, 0.1) is 5.92 Å². The minimum atomic E-state index is -0.270. The summed E-state index contributed by atoms with van der Waals surface area (Å²) in [5.41, 5.74) is 6.73. The Morgan fingerprint density at radius 2 is 1.95 bits per heavy atom. The molecule has 2 heterocycles. The Hall–Kier alpha value is -1.59. The third-order valence-electron chi connectivity index (χ3n) is 4.38. The molecule has 2 unspecified atom stereocenters. The lowest BCUT2D eigenvalue weighted by Gasteiger charge is -2.32. The molecule has 5 nitrogen and oxygen atoms in total. The van der Waals surface area contributed by atoms with Gasteiger partial charge in [0.2, 0.25) is 11.8 Å². The molecule has 3 rings (SSSR count). The van der Waals surface area contributed by atoms with Gasteiger partial charge in [-0.1, -0.05) is 11.6 Å². The van der Waals surface area contributed by atoms with Crippen molar-refractivity contribution in [2.24, 2.45) is 11.7 Å². The number of likely N-dealkylation sites (tertiary alicyclic amines) is 1. The lowest BCUT2D eigenvalue weighted by atomic mass is 10.0. The van der Waals surface area contributed by atoms with E-state index >= 15 is 0 Å². The van der Waals surface area contributed by atoms with Crippen molar-refractivity contribution >= 4 is 29.1 Å². The first-order chi connectivity index (χ1) is 10.5. The maximum atomic E-state index is 12.6. The van der Waals surface area contributed by atoms with E-state index in [-0.39, 0.29) is 30.2 Å². The van der Waals surface area contributed by atoms with Crippen LogP contribution in [0.15, 0.2) is 24.3 Å². The predicted octanol–water partition coefficient (Wildman–Crippen LogP) is 1.64. The van der Waals surface area contributed by atoms with Gasteiger partial charge in [-0.2, -0.15) is 0 Å². The Morgan fingerprint density at radius 1 is 1.23 bits per heavy atom. The molecule has 2 N–H and O–H groups in total. The molecule has 0 aliphatic carbocycles. The molecule has 0 spiro atoms. The first kappa shape index (κ1) is 15.3. The van der Waals surface area contributed by atoms with Crippen molar-refractivity contribution in [3.05, 3.63) is 29.3 Å². The van der Waals surface area contributed by atoms with E-state index in [4.69, 9.17) is 17.3 Å². The minimum absolute atomic E-state index is 0.0121. The highest BCUT2D eigenvalue weighted by Crippen LogP contribution is 2.28. The number of carbonyl (C=O) groups is 2. The van der Waals surface area contributed by atoms with Gasteiger partial charge in [0.15, 0.2) is 0 Å². The summed E-state index contributed by atoms with van der Waals surface area (Å²) in [5, 5.41) is 0.630. The molecule has 0 radical (unpaired) electrons. The highest BCUT2D eigenvalue weighted by atomic mass is 35.5. The van der Waals surface area contributed by atoms with Crippen LogP contribution < -0.4 is 10.6 Å². The van der Waals surface area contributed by atoms with E-state index in [9.17, 15) is 9.59 Å². The number of benzene rings is 1. The molecule has 1 aromatic carbocycles. The predicted molar refractivity (Wildman–Crippen MR) is 85.7 cm³/mol. The molecular weight excluding hydrogens is 302 g/mol. The van der Waals surface area contributed by atoms with E-state index in [0.717, 1.165) is 25.1 Å². The lowest BCUT2D eigenvalue weighted by molar-refractivity contribution is -0.136. The summed E-state index contributed by atoms with van der Waals surface area (Å²) in [7, 11) is 0. The van der Waals surface area contributed by atoms with Gasteiger partial charge in [-0.25, -0.2) is 0 Å². The molecule has 0 saturated carbocycles. The van der Waals surface area contributed by atoms with Crippen LogP contribution in [0.4, 0.5) is 5.69 Å². The van der Waals surface area contributed by atoms with Crippen LogP contribution in [-0.2, 0) is 9.59 Å². The molecule has 2 amide bonds. The quantitative estimate of drug-likeness (QED) is 0.900. The molecule has 6 heteroatoms. The number of nitrogens with zero attached hydrogens (tertiary/aromatic N) is 2. The zero-order chi connectivity index (χ0) is 15.7. The molecule has 22 heavy (non-hydrogen) atoms. The number of halogens is 1. The Morgan fingerprint density at radius 3 is 2.64 bits per heavy atom. The first-order valence-electron chi connectivity index (χ1n) is 7.65. The van der Waals surface area contributed by atoms with Crippen LogP contribution >= 0.6 is 11.6 Å². The van der Waals surface area contributed by atoms with Crippen molar-refractivity contribution in [3.63, 3.8) is 0 Å². The summed E-state index contributed by atoms with van der Waals surface area (Å²) in [4.78, 5) is 28.3. The molecule has 2 saturated heterocycles. The highest BCUT2D eigenvalue weighted by Gasteiger charge is 2.37. The van der Waals surface area contributed by atoms with E-state index < -0.39 is 0 Å². The van der Waals surface area contributed by atoms with Crippen LogP contribution in [0.5, 0.6) is 0 Å². The summed E-state index contributed by atoms with van der Waals surface area (Å²) in [6, 6.07) is 7.18. The average molecular weight is 322 g/mol. The van der Waals surface area contributed by atoms with Gasteiger partial charge in [0, 0.05) is 42.8 Å². The monoisotopic (exact) mass is 321 g/mol. The van der Waals surface area contributed by atoms with Gasteiger partial charge in [0.1, 0.15) is 0 Å². The van der Waals surface area contributed by atoms with Gasteiger partial charge < -0.3 is 15.5 Å². The van der Waals surface area contributed by atoms with Gasteiger partial charge in [-0.3, -0.25) is 9.59 Å². The molecule has 118 valence electrons. The maximum absolute atomic E-state index is 12.6. The fraction of sp³-hybridized carbons (Fsp3) is 0.500. The number of rotatable bonds is 2. The molecule has 2 aliphatic heterocycles. The maximum Gasteiger partial charge on any atom is 0.228 e. The number of hydrogen-bond donors (Lipinski definition) is 1. The highest BCUT2D eigenvalue weighted by molar-refractivity contribution is 6.30. The standard InChI is InChI=1S/C16H20ClN3O2/c17-12-3-5-14(6-4-12)20-9-11(8-15(20)21)16(22)19-7-1-2-13(18)10-19/h3-6,11,13H,1-2,7-10,18H2. The van der Waals surface area contributed by atoms with E-state index in [0.29, 0.717) is 18.1 Å². The number of hydrogen-bond acceptors (Lipinski definition) is 3. The van der Waals surface area contributed by atoms with Crippen molar-refractivity contribution in [2.45, 2.75) is 25.3 Å². The van der Waals surface area contributed by atoms with E-state index in [2.05, 4.69) is 0 Å². The van der Waals surface area contributed by atoms with E-state index in [1.165, 1.54) is 0 Å². The molecule has 0 bridgehead atoms. The Kier molecular flexibility index (Phi) is 4.36. The van der Waals surface area contributed by atoms with Gasteiger partial charge in [-0.05, 0) is 37.1 Å². The lowest BCUT2D eigenvalue weighted by Crippen LogP contribution is -2.48. The largest absolute Gasteiger partial charge is 0.341 e.